The Labute approximate surface area is 72.1 Å². The van der Waals surface area contributed by atoms with E-state index in [0.29, 0.717) is 12.8 Å². The zero-order chi connectivity index (χ0) is 9.40. The molecule has 12 heavy (non-hydrogen) atoms. The number of carbonyl (C=O) groups excluding carboxylic acids is 2. The summed E-state index contributed by atoms with van der Waals surface area (Å²) in [6, 6.07) is -0.302. The van der Waals surface area contributed by atoms with Crippen molar-refractivity contribution in [3.05, 3.63) is 0 Å². The van der Waals surface area contributed by atoms with Gasteiger partial charge in [-0.15, -0.1) is 0 Å². The van der Waals surface area contributed by atoms with Gasteiger partial charge >= 0.3 is 6.03 Å². The number of nitrogens with zero attached hydrogens (tertiary/aromatic N) is 1. The third-order valence-electron chi connectivity index (χ3n) is 1.19. The first-order valence-electron chi connectivity index (χ1n) is 3.77. The quantitative estimate of drug-likeness (QED) is 0.527. The lowest BCUT2D eigenvalue weighted by Gasteiger charge is -2.10. The topological polar surface area (TPSA) is 61.4 Å². The Morgan fingerprint density at radius 1 is 1.42 bits per heavy atom. The Kier molecular flexibility index (Phi) is 6.00. The normalized spacial score (nSPS) is 9.58. The molecule has 0 aromatic rings. The Morgan fingerprint density at radius 2 is 2.08 bits per heavy atom. The van der Waals surface area contributed by atoms with E-state index < -0.39 is 0 Å². The summed E-state index contributed by atoms with van der Waals surface area (Å²) in [7, 11) is 3.84. The predicted molar refractivity (Wildman–Crippen MR) is 46.0 cm³/mol. The Bertz CT molecular complexity index is 148. The van der Waals surface area contributed by atoms with Crippen molar-refractivity contribution >= 4 is 12.3 Å². The van der Waals surface area contributed by atoms with Gasteiger partial charge in [-0.3, -0.25) is 0 Å². The van der Waals surface area contributed by atoms with Crippen LogP contribution in [-0.4, -0.2) is 50.9 Å². The smallest absolute Gasteiger partial charge is 0.315 e. The molecule has 0 spiro atoms. The molecule has 0 aliphatic carbocycles. The standard InChI is InChI=1S/C7H15N3O2/c1-10(2)5-3-8-7(12)9-4-6-11/h6H,3-5H2,1-2H3,(H2,8,9,12). The zero-order valence-electron chi connectivity index (χ0n) is 7.46. The molecule has 0 heterocycles. The van der Waals surface area contributed by atoms with E-state index in [4.69, 9.17) is 0 Å². The van der Waals surface area contributed by atoms with Gasteiger partial charge in [0.05, 0.1) is 6.54 Å². The largest absolute Gasteiger partial charge is 0.337 e. The molecule has 2 amide bonds. The molecular weight excluding hydrogens is 158 g/mol. The average Bonchev–Trinajstić information content (AvgIpc) is 2.00. The fourth-order valence-corrected chi connectivity index (χ4v) is 0.590. The second-order valence-electron chi connectivity index (χ2n) is 2.61. The van der Waals surface area contributed by atoms with Gasteiger partial charge in [0, 0.05) is 13.1 Å². The van der Waals surface area contributed by atoms with Crippen LogP contribution in [0.5, 0.6) is 0 Å². The van der Waals surface area contributed by atoms with E-state index in [-0.39, 0.29) is 12.6 Å². The maximum Gasteiger partial charge on any atom is 0.315 e. The zero-order valence-corrected chi connectivity index (χ0v) is 7.46. The van der Waals surface area contributed by atoms with Crippen LogP contribution in [0.15, 0.2) is 0 Å². The third-order valence-corrected chi connectivity index (χ3v) is 1.19. The number of carbonyl (C=O) groups is 2. The van der Waals surface area contributed by atoms with Gasteiger partial charge < -0.3 is 20.3 Å². The van der Waals surface area contributed by atoms with Crippen LogP contribution in [0, 0.1) is 0 Å². The summed E-state index contributed by atoms with van der Waals surface area (Å²) in [6.07, 6.45) is 0.644. The molecule has 0 aliphatic heterocycles. The van der Waals surface area contributed by atoms with Crippen molar-refractivity contribution in [2.45, 2.75) is 0 Å². The van der Waals surface area contributed by atoms with E-state index in [0.717, 1.165) is 6.54 Å². The third kappa shape index (κ3) is 7.01. The van der Waals surface area contributed by atoms with E-state index in [9.17, 15) is 9.59 Å². The van der Waals surface area contributed by atoms with E-state index in [1.165, 1.54) is 0 Å². The number of likely N-dealkylation sites (N-methyl/N-ethyl adjacent to an activating group) is 1. The van der Waals surface area contributed by atoms with E-state index in [1.807, 2.05) is 19.0 Å². The molecule has 5 nitrogen and oxygen atoms in total. The molecule has 0 bridgehead atoms. The first-order valence-corrected chi connectivity index (χ1v) is 3.77. The number of hydrogen-bond donors (Lipinski definition) is 2. The fraction of sp³-hybridized carbons (Fsp3) is 0.714. The molecule has 5 heteroatoms. The Hall–Kier alpha value is -1.10. The predicted octanol–water partition coefficient (Wildman–Crippen LogP) is -0.954. The van der Waals surface area contributed by atoms with Crippen molar-refractivity contribution in [2.75, 3.05) is 33.7 Å². The van der Waals surface area contributed by atoms with Gasteiger partial charge in [-0.1, -0.05) is 0 Å². The molecule has 0 saturated carbocycles. The van der Waals surface area contributed by atoms with Crippen LogP contribution < -0.4 is 10.6 Å². The lowest BCUT2D eigenvalue weighted by molar-refractivity contribution is -0.107. The molecule has 0 aliphatic rings. The first-order chi connectivity index (χ1) is 5.66. The maximum atomic E-state index is 10.8. The van der Waals surface area contributed by atoms with Crippen LogP contribution in [0.4, 0.5) is 4.79 Å². The maximum absolute atomic E-state index is 10.8. The van der Waals surface area contributed by atoms with Crippen LogP contribution >= 0.6 is 0 Å². The number of aldehydes is 1. The highest BCUT2D eigenvalue weighted by Gasteiger charge is 1.96. The van der Waals surface area contributed by atoms with Crippen LogP contribution in [0.25, 0.3) is 0 Å². The van der Waals surface area contributed by atoms with Gasteiger partial charge in [-0.05, 0) is 14.1 Å². The van der Waals surface area contributed by atoms with Crippen molar-refractivity contribution in [1.29, 1.82) is 0 Å². The molecule has 0 fully saturated rings. The second kappa shape index (κ2) is 6.60. The summed E-state index contributed by atoms with van der Waals surface area (Å²) in [4.78, 5) is 22.6. The van der Waals surface area contributed by atoms with Crippen molar-refractivity contribution in [1.82, 2.24) is 15.5 Å². The lowest BCUT2D eigenvalue weighted by atomic mass is 10.6. The van der Waals surface area contributed by atoms with Crippen LogP contribution in [0.1, 0.15) is 0 Å². The highest BCUT2D eigenvalue weighted by atomic mass is 16.2. The van der Waals surface area contributed by atoms with Crippen molar-refractivity contribution in [3.8, 4) is 0 Å². The average molecular weight is 173 g/mol. The SMILES string of the molecule is CN(C)CCNC(=O)NCC=O. The Balaban J connectivity index is 3.25. The minimum atomic E-state index is -0.302. The molecular formula is C7H15N3O2. The van der Waals surface area contributed by atoms with Gasteiger partial charge in [0.15, 0.2) is 0 Å². The van der Waals surface area contributed by atoms with Crippen molar-refractivity contribution in [3.63, 3.8) is 0 Å². The molecule has 0 aromatic carbocycles. The second-order valence-corrected chi connectivity index (χ2v) is 2.61. The monoisotopic (exact) mass is 173 g/mol. The van der Waals surface area contributed by atoms with Crippen LogP contribution in [-0.2, 0) is 4.79 Å². The van der Waals surface area contributed by atoms with Crippen LogP contribution in [0.3, 0.4) is 0 Å². The highest BCUT2D eigenvalue weighted by molar-refractivity contribution is 5.76. The minimum absolute atomic E-state index is 0.0633. The highest BCUT2D eigenvalue weighted by Crippen LogP contribution is 1.70. The molecule has 70 valence electrons. The molecule has 2 N–H and O–H groups in total. The van der Waals surface area contributed by atoms with Gasteiger partial charge in [0.25, 0.3) is 0 Å². The van der Waals surface area contributed by atoms with E-state index in [1.54, 1.807) is 0 Å². The molecule has 0 saturated heterocycles. The lowest BCUT2D eigenvalue weighted by Crippen LogP contribution is -2.39. The van der Waals surface area contributed by atoms with Crippen LogP contribution in [0.2, 0.25) is 0 Å². The van der Waals surface area contributed by atoms with Gasteiger partial charge in [0.2, 0.25) is 0 Å². The number of urea groups is 1. The molecule has 0 rings (SSSR count). The molecule has 0 atom stereocenters. The summed E-state index contributed by atoms with van der Waals surface area (Å²) in [5.74, 6) is 0. The Morgan fingerprint density at radius 3 is 2.58 bits per heavy atom. The molecule has 0 radical (unpaired) electrons. The van der Waals surface area contributed by atoms with Crippen molar-refractivity contribution < 1.29 is 9.59 Å². The summed E-state index contributed by atoms with van der Waals surface area (Å²) < 4.78 is 0. The summed E-state index contributed by atoms with van der Waals surface area (Å²) in [6.45, 7) is 1.43. The van der Waals surface area contributed by atoms with E-state index >= 15 is 0 Å². The molecule has 0 aromatic heterocycles. The number of rotatable bonds is 5. The number of nitrogens with one attached hydrogen (secondary N) is 2. The minimum Gasteiger partial charge on any atom is -0.337 e. The van der Waals surface area contributed by atoms with Gasteiger partial charge in [-0.2, -0.15) is 0 Å². The summed E-state index contributed by atoms with van der Waals surface area (Å²) in [5.41, 5.74) is 0. The molecule has 0 unspecified atom stereocenters. The summed E-state index contributed by atoms with van der Waals surface area (Å²) >= 11 is 0. The number of hydrogen-bond acceptors (Lipinski definition) is 3. The summed E-state index contributed by atoms with van der Waals surface area (Å²) in [5, 5.41) is 4.97. The fourth-order valence-electron chi connectivity index (χ4n) is 0.590. The van der Waals surface area contributed by atoms with Gasteiger partial charge in [-0.25, -0.2) is 4.79 Å². The number of amides is 2. The van der Waals surface area contributed by atoms with Crippen molar-refractivity contribution in [2.24, 2.45) is 0 Å². The van der Waals surface area contributed by atoms with Gasteiger partial charge in [0.1, 0.15) is 6.29 Å². The van der Waals surface area contributed by atoms with E-state index in [2.05, 4.69) is 10.6 Å². The first kappa shape index (κ1) is 10.9.